The first kappa shape index (κ1) is 16.2. The van der Waals surface area contributed by atoms with Crippen LogP contribution in [0.1, 0.15) is 50.8 Å². The minimum atomic E-state index is 0.229. The lowest BCUT2D eigenvalue weighted by atomic mass is 10.1. The molecule has 1 aliphatic heterocycles. The average molecular weight is 292 g/mol. The van der Waals surface area contributed by atoms with Crippen molar-refractivity contribution in [2.24, 2.45) is 0 Å². The SMILES string of the molecule is CCCNCc1cc(CC)nc(OCC2CCCCO2)c1. The number of pyridine rings is 1. The molecule has 21 heavy (non-hydrogen) atoms. The summed E-state index contributed by atoms with van der Waals surface area (Å²) in [7, 11) is 0. The number of nitrogens with zero attached hydrogens (tertiary/aromatic N) is 1. The summed E-state index contributed by atoms with van der Waals surface area (Å²) in [4.78, 5) is 4.56. The summed E-state index contributed by atoms with van der Waals surface area (Å²) in [6, 6.07) is 4.21. The Morgan fingerprint density at radius 3 is 2.95 bits per heavy atom. The molecule has 1 N–H and O–H groups in total. The molecular formula is C17H28N2O2. The van der Waals surface area contributed by atoms with Gasteiger partial charge in [0.05, 0.1) is 6.10 Å². The van der Waals surface area contributed by atoms with Crippen molar-refractivity contribution < 1.29 is 9.47 Å². The zero-order valence-electron chi connectivity index (χ0n) is 13.4. The largest absolute Gasteiger partial charge is 0.475 e. The molecule has 1 saturated heterocycles. The molecule has 0 aliphatic carbocycles. The molecule has 1 aromatic rings. The van der Waals surface area contributed by atoms with Crippen LogP contribution in [0.15, 0.2) is 12.1 Å². The lowest BCUT2D eigenvalue weighted by Gasteiger charge is -2.22. The van der Waals surface area contributed by atoms with E-state index in [1.807, 2.05) is 6.07 Å². The third-order valence-corrected chi connectivity index (χ3v) is 3.72. The molecule has 0 amide bonds. The zero-order valence-corrected chi connectivity index (χ0v) is 13.4. The lowest BCUT2D eigenvalue weighted by molar-refractivity contribution is -0.0119. The van der Waals surface area contributed by atoms with Crippen molar-refractivity contribution in [2.45, 2.75) is 58.6 Å². The number of aryl methyl sites for hydroxylation is 1. The van der Waals surface area contributed by atoms with Crippen LogP contribution in [0.2, 0.25) is 0 Å². The zero-order chi connectivity index (χ0) is 14.9. The maximum atomic E-state index is 5.87. The van der Waals surface area contributed by atoms with Crippen LogP contribution in [0.3, 0.4) is 0 Å². The van der Waals surface area contributed by atoms with Gasteiger partial charge in [0.15, 0.2) is 0 Å². The van der Waals surface area contributed by atoms with E-state index in [-0.39, 0.29) is 6.10 Å². The summed E-state index contributed by atoms with van der Waals surface area (Å²) in [5, 5.41) is 3.43. The van der Waals surface area contributed by atoms with E-state index in [4.69, 9.17) is 9.47 Å². The molecule has 1 aromatic heterocycles. The fourth-order valence-electron chi connectivity index (χ4n) is 2.50. The van der Waals surface area contributed by atoms with Crippen molar-refractivity contribution in [1.29, 1.82) is 0 Å². The molecule has 4 heteroatoms. The second-order valence-electron chi connectivity index (χ2n) is 5.63. The molecule has 0 saturated carbocycles. The smallest absolute Gasteiger partial charge is 0.213 e. The van der Waals surface area contributed by atoms with Crippen molar-refractivity contribution in [3.8, 4) is 5.88 Å². The highest BCUT2D eigenvalue weighted by Gasteiger charge is 2.15. The Morgan fingerprint density at radius 1 is 1.33 bits per heavy atom. The molecule has 1 atom stereocenters. The molecule has 4 nitrogen and oxygen atoms in total. The summed E-state index contributed by atoms with van der Waals surface area (Å²) in [6.07, 6.45) is 5.81. The van der Waals surface area contributed by atoms with Gasteiger partial charge in [0.1, 0.15) is 6.61 Å². The van der Waals surface area contributed by atoms with Gasteiger partial charge in [-0.05, 0) is 50.3 Å². The summed E-state index contributed by atoms with van der Waals surface area (Å²) in [5.41, 5.74) is 2.33. The molecule has 0 aromatic carbocycles. The summed E-state index contributed by atoms with van der Waals surface area (Å²) < 4.78 is 11.6. The van der Waals surface area contributed by atoms with Crippen LogP contribution in [-0.2, 0) is 17.7 Å². The van der Waals surface area contributed by atoms with Crippen molar-refractivity contribution in [3.63, 3.8) is 0 Å². The van der Waals surface area contributed by atoms with E-state index in [9.17, 15) is 0 Å². The molecule has 118 valence electrons. The average Bonchev–Trinajstić information content (AvgIpc) is 2.54. The van der Waals surface area contributed by atoms with Gasteiger partial charge in [-0.1, -0.05) is 13.8 Å². The molecular weight excluding hydrogens is 264 g/mol. The van der Waals surface area contributed by atoms with E-state index < -0.39 is 0 Å². The predicted molar refractivity (Wildman–Crippen MR) is 84.7 cm³/mol. The maximum Gasteiger partial charge on any atom is 0.213 e. The Balaban J connectivity index is 1.91. The van der Waals surface area contributed by atoms with Gasteiger partial charge in [-0.25, -0.2) is 4.98 Å². The van der Waals surface area contributed by atoms with Crippen molar-refractivity contribution in [1.82, 2.24) is 10.3 Å². The maximum absolute atomic E-state index is 5.87. The second kappa shape index (κ2) is 9.00. The highest BCUT2D eigenvalue weighted by Crippen LogP contribution is 2.17. The number of nitrogens with one attached hydrogen (secondary N) is 1. The van der Waals surface area contributed by atoms with Crippen molar-refractivity contribution >= 4 is 0 Å². The molecule has 0 bridgehead atoms. The van der Waals surface area contributed by atoms with E-state index in [2.05, 4.69) is 30.2 Å². The van der Waals surface area contributed by atoms with Crippen LogP contribution >= 0.6 is 0 Å². The Hall–Kier alpha value is -1.13. The highest BCUT2D eigenvalue weighted by molar-refractivity contribution is 5.25. The van der Waals surface area contributed by atoms with Crippen LogP contribution in [0.4, 0.5) is 0 Å². The standard InChI is InChI=1S/C17H28N2O2/c1-3-8-18-12-14-10-15(4-2)19-17(11-14)21-13-16-7-5-6-9-20-16/h10-11,16,18H,3-9,12-13H2,1-2H3. The van der Waals surface area contributed by atoms with Crippen molar-refractivity contribution in [2.75, 3.05) is 19.8 Å². The molecule has 1 fully saturated rings. The quantitative estimate of drug-likeness (QED) is 0.748. The third-order valence-electron chi connectivity index (χ3n) is 3.72. The van der Waals surface area contributed by atoms with Crippen LogP contribution in [-0.4, -0.2) is 30.8 Å². The Morgan fingerprint density at radius 2 is 2.24 bits per heavy atom. The van der Waals surface area contributed by atoms with Gasteiger partial charge in [-0.2, -0.15) is 0 Å². The molecule has 1 unspecified atom stereocenters. The number of hydrogen-bond acceptors (Lipinski definition) is 4. The third kappa shape index (κ3) is 5.64. The summed E-state index contributed by atoms with van der Waals surface area (Å²) >= 11 is 0. The number of aromatic nitrogens is 1. The first-order chi connectivity index (χ1) is 10.3. The van der Waals surface area contributed by atoms with Crippen LogP contribution in [0.5, 0.6) is 5.88 Å². The fourth-order valence-corrected chi connectivity index (χ4v) is 2.50. The minimum Gasteiger partial charge on any atom is -0.475 e. The van der Waals surface area contributed by atoms with Crippen LogP contribution in [0, 0.1) is 0 Å². The van der Waals surface area contributed by atoms with E-state index >= 15 is 0 Å². The minimum absolute atomic E-state index is 0.229. The fraction of sp³-hybridized carbons (Fsp3) is 0.706. The molecule has 2 rings (SSSR count). The topological polar surface area (TPSA) is 43.4 Å². The van der Waals surface area contributed by atoms with E-state index in [1.54, 1.807) is 0 Å². The van der Waals surface area contributed by atoms with Crippen molar-refractivity contribution in [3.05, 3.63) is 23.4 Å². The Kier molecular flexibility index (Phi) is 6.96. The Labute approximate surface area is 128 Å². The van der Waals surface area contributed by atoms with Crippen LogP contribution in [0.25, 0.3) is 0 Å². The number of hydrogen-bond donors (Lipinski definition) is 1. The van der Waals surface area contributed by atoms with Gasteiger partial charge in [-0.15, -0.1) is 0 Å². The van der Waals surface area contributed by atoms with E-state index in [0.717, 1.165) is 50.5 Å². The first-order valence-corrected chi connectivity index (χ1v) is 8.26. The molecule has 0 radical (unpaired) electrons. The van der Waals surface area contributed by atoms with Crippen LogP contribution < -0.4 is 10.1 Å². The molecule has 2 heterocycles. The van der Waals surface area contributed by atoms with E-state index in [1.165, 1.54) is 18.4 Å². The van der Waals surface area contributed by atoms with E-state index in [0.29, 0.717) is 6.61 Å². The monoisotopic (exact) mass is 292 g/mol. The number of ether oxygens (including phenoxy) is 2. The van der Waals surface area contributed by atoms with Gasteiger partial charge in [-0.3, -0.25) is 0 Å². The van der Waals surface area contributed by atoms with Gasteiger partial charge < -0.3 is 14.8 Å². The molecule has 0 spiro atoms. The normalized spacial score (nSPS) is 18.7. The van der Waals surface area contributed by atoms with Gasteiger partial charge in [0.2, 0.25) is 5.88 Å². The first-order valence-electron chi connectivity index (χ1n) is 8.26. The highest BCUT2D eigenvalue weighted by atomic mass is 16.5. The molecule has 1 aliphatic rings. The van der Waals surface area contributed by atoms with Gasteiger partial charge in [0, 0.05) is 24.9 Å². The van der Waals surface area contributed by atoms with Gasteiger partial charge >= 0.3 is 0 Å². The lowest BCUT2D eigenvalue weighted by Crippen LogP contribution is -2.26. The van der Waals surface area contributed by atoms with Gasteiger partial charge in [0.25, 0.3) is 0 Å². The summed E-state index contributed by atoms with van der Waals surface area (Å²) in [5.74, 6) is 0.733. The summed E-state index contributed by atoms with van der Waals surface area (Å²) in [6.45, 7) is 7.69. The Bertz CT molecular complexity index is 417. The number of rotatable bonds is 8. The second-order valence-corrected chi connectivity index (χ2v) is 5.63. The predicted octanol–water partition coefficient (Wildman–Crippen LogP) is 3.09.